The van der Waals surface area contributed by atoms with E-state index in [-0.39, 0.29) is 5.91 Å². The largest absolute Gasteiger partial charge is 0.457 e. The predicted molar refractivity (Wildman–Crippen MR) is 88.8 cm³/mol. The molecule has 6 nitrogen and oxygen atoms in total. The number of nitrogens with zero attached hydrogens (tertiary/aromatic N) is 3. The highest BCUT2D eigenvalue weighted by molar-refractivity contribution is 6.03. The first-order valence-corrected chi connectivity index (χ1v) is 7.23. The maximum atomic E-state index is 12.3. The van der Waals surface area contributed by atoms with Crippen molar-refractivity contribution in [3.05, 3.63) is 71.9 Å². The molecule has 3 aromatic rings. The predicted octanol–water partition coefficient (Wildman–Crippen LogP) is 3.34. The molecule has 2 aromatic carbocycles. The summed E-state index contributed by atoms with van der Waals surface area (Å²) in [7, 11) is 1.78. The van der Waals surface area contributed by atoms with Crippen LogP contribution in [0.2, 0.25) is 0 Å². The highest BCUT2D eigenvalue weighted by Gasteiger charge is 2.09. The fourth-order valence-electron chi connectivity index (χ4n) is 2.10. The number of ether oxygens (including phenoxy) is 1. The minimum absolute atomic E-state index is 0.265. The first kappa shape index (κ1) is 15.3. The van der Waals surface area contributed by atoms with Gasteiger partial charge in [-0.2, -0.15) is 10.4 Å². The van der Waals surface area contributed by atoms with Crippen molar-refractivity contribution in [1.82, 2.24) is 9.78 Å². The lowest BCUT2D eigenvalue weighted by Crippen LogP contribution is -2.12. The van der Waals surface area contributed by atoms with E-state index < -0.39 is 0 Å². The normalized spacial score (nSPS) is 10.0. The zero-order valence-corrected chi connectivity index (χ0v) is 12.9. The van der Waals surface area contributed by atoms with Crippen molar-refractivity contribution in [3.8, 4) is 17.6 Å². The van der Waals surface area contributed by atoms with Crippen LogP contribution >= 0.6 is 0 Å². The van der Waals surface area contributed by atoms with Gasteiger partial charge < -0.3 is 10.1 Å². The molecule has 0 aliphatic rings. The second-order valence-corrected chi connectivity index (χ2v) is 5.09. The number of carbonyl (C=O) groups is 1. The average Bonchev–Trinajstić information content (AvgIpc) is 3.00. The van der Waals surface area contributed by atoms with E-state index >= 15 is 0 Å². The summed E-state index contributed by atoms with van der Waals surface area (Å²) in [5.41, 5.74) is 1.03. The molecule has 0 radical (unpaired) electrons. The van der Waals surface area contributed by atoms with E-state index in [9.17, 15) is 4.79 Å². The molecule has 1 heterocycles. The van der Waals surface area contributed by atoms with Gasteiger partial charge in [0, 0.05) is 24.9 Å². The van der Waals surface area contributed by atoms with Crippen molar-refractivity contribution in [1.29, 1.82) is 5.26 Å². The van der Waals surface area contributed by atoms with Crippen molar-refractivity contribution in [2.24, 2.45) is 7.05 Å². The van der Waals surface area contributed by atoms with Crippen LogP contribution in [0.5, 0.6) is 11.5 Å². The average molecular weight is 318 g/mol. The molecular formula is C18H14N4O2. The van der Waals surface area contributed by atoms with Gasteiger partial charge in [-0.1, -0.05) is 6.07 Å². The molecule has 0 spiro atoms. The van der Waals surface area contributed by atoms with Crippen molar-refractivity contribution in [3.63, 3.8) is 0 Å². The maximum absolute atomic E-state index is 12.3. The van der Waals surface area contributed by atoms with Crippen molar-refractivity contribution < 1.29 is 9.53 Å². The third-order valence-corrected chi connectivity index (χ3v) is 3.27. The van der Waals surface area contributed by atoms with Crippen LogP contribution in [0, 0.1) is 11.3 Å². The summed E-state index contributed by atoms with van der Waals surface area (Å²) in [5.74, 6) is 1.35. The lowest BCUT2D eigenvalue weighted by Gasteiger charge is -2.07. The van der Waals surface area contributed by atoms with Gasteiger partial charge in [0.2, 0.25) is 0 Å². The molecular weight excluding hydrogens is 304 g/mol. The molecule has 0 aliphatic carbocycles. The maximum Gasteiger partial charge on any atom is 0.256 e. The standard InChI is InChI=1S/C18H14N4O2/c1-22-10-9-17(21-22)20-18(23)14-3-2-4-16(11-14)24-15-7-5-13(12-19)6-8-15/h2-11H,1H3,(H,20,21,23). The molecule has 0 saturated heterocycles. The molecule has 0 unspecified atom stereocenters. The Labute approximate surface area is 138 Å². The Hall–Kier alpha value is -3.59. The third kappa shape index (κ3) is 3.59. The molecule has 118 valence electrons. The number of anilines is 1. The Kier molecular flexibility index (Phi) is 4.25. The van der Waals surface area contributed by atoms with Crippen LogP contribution in [-0.4, -0.2) is 15.7 Å². The van der Waals surface area contributed by atoms with Gasteiger partial charge in [-0.05, 0) is 42.5 Å². The number of aromatic nitrogens is 2. The van der Waals surface area contributed by atoms with Gasteiger partial charge in [-0.15, -0.1) is 0 Å². The molecule has 1 N–H and O–H groups in total. The van der Waals surface area contributed by atoms with Gasteiger partial charge in [0.05, 0.1) is 11.6 Å². The molecule has 0 fully saturated rings. The zero-order valence-electron chi connectivity index (χ0n) is 12.9. The molecule has 1 amide bonds. The number of carbonyl (C=O) groups excluding carboxylic acids is 1. The molecule has 3 rings (SSSR count). The van der Waals surface area contributed by atoms with E-state index in [1.807, 2.05) is 0 Å². The fraction of sp³-hybridized carbons (Fsp3) is 0.0556. The third-order valence-electron chi connectivity index (χ3n) is 3.27. The molecule has 1 aromatic heterocycles. The minimum atomic E-state index is -0.265. The van der Waals surface area contributed by atoms with E-state index in [1.165, 1.54) is 0 Å². The zero-order chi connectivity index (χ0) is 16.9. The van der Waals surface area contributed by atoms with Crippen LogP contribution in [0.25, 0.3) is 0 Å². The summed E-state index contributed by atoms with van der Waals surface area (Å²) >= 11 is 0. The van der Waals surface area contributed by atoms with E-state index in [0.717, 1.165) is 0 Å². The summed E-state index contributed by atoms with van der Waals surface area (Å²) in [4.78, 5) is 12.3. The lowest BCUT2D eigenvalue weighted by molar-refractivity contribution is 0.102. The smallest absolute Gasteiger partial charge is 0.256 e. The van der Waals surface area contributed by atoms with Gasteiger partial charge in [0.15, 0.2) is 5.82 Å². The van der Waals surface area contributed by atoms with E-state index in [0.29, 0.717) is 28.4 Å². The topological polar surface area (TPSA) is 79.9 Å². The molecule has 0 atom stereocenters. The number of nitriles is 1. The summed E-state index contributed by atoms with van der Waals surface area (Å²) < 4.78 is 7.33. The Balaban J connectivity index is 1.73. The van der Waals surface area contributed by atoms with Gasteiger partial charge in [-0.25, -0.2) is 0 Å². The Morgan fingerprint density at radius 1 is 1.17 bits per heavy atom. The van der Waals surface area contributed by atoms with Gasteiger partial charge in [0.1, 0.15) is 11.5 Å². The van der Waals surface area contributed by atoms with Gasteiger partial charge in [0.25, 0.3) is 5.91 Å². The van der Waals surface area contributed by atoms with Crippen LogP contribution in [0.1, 0.15) is 15.9 Å². The quantitative estimate of drug-likeness (QED) is 0.800. The summed E-state index contributed by atoms with van der Waals surface area (Å²) in [6.45, 7) is 0. The second kappa shape index (κ2) is 6.67. The number of nitrogens with one attached hydrogen (secondary N) is 1. The fourth-order valence-corrected chi connectivity index (χ4v) is 2.10. The monoisotopic (exact) mass is 318 g/mol. The van der Waals surface area contributed by atoms with Crippen LogP contribution < -0.4 is 10.1 Å². The van der Waals surface area contributed by atoms with Crippen LogP contribution in [-0.2, 0) is 7.05 Å². The minimum Gasteiger partial charge on any atom is -0.457 e. The van der Waals surface area contributed by atoms with Crippen LogP contribution in [0.4, 0.5) is 5.82 Å². The molecule has 0 bridgehead atoms. The Morgan fingerprint density at radius 3 is 2.62 bits per heavy atom. The van der Waals surface area contributed by atoms with Crippen molar-refractivity contribution in [2.45, 2.75) is 0 Å². The van der Waals surface area contributed by atoms with Gasteiger partial charge in [-0.3, -0.25) is 9.48 Å². The Morgan fingerprint density at radius 2 is 1.96 bits per heavy atom. The van der Waals surface area contributed by atoms with Crippen molar-refractivity contribution in [2.75, 3.05) is 5.32 Å². The highest BCUT2D eigenvalue weighted by atomic mass is 16.5. The van der Waals surface area contributed by atoms with Crippen LogP contribution in [0.15, 0.2) is 60.8 Å². The number of rotatable bonds is 4. The van der Waals surface area contributed by atoms with E-state index in [1.54, 1.807) is 72.5 Å². The number of amides is 1. The molecule has 0 saturated carbocycles. The second-order valence-electron chi connectivity index (χ2n) is 5.09. The van der Waals surface area contributed by atoms with Crippen LogP contribution in [0.3, 0.4) is 0 Å². The number of aryl methyl sites for hydroxylation is 1. The van der Waals surface area contributed by atoms with Crippen molar-refractivity contribution >= 4 is 11.7 Å². The SMILES string of the molecule is Cn1ccc(NC(=O)c2cccc(Oc3ccc(C#N)cc3)c2)n1. The summed E-state index contributed by atoms with van der Waals surface area (Å²) in [6.07, 6.45) is 1.75. The molecule has 24 heavy (non-hydrogen) atoms. The number of hydrogen-bond acceptors (Lipinski definition) is 4. The lowest BCUT2D eigenvalue weighted by atomic mass is 10.2. The van der Waals surface area contributed by atoms with E-state index in [2.05, 4.69) is 16.5 Å². The highest BCUT2D eigenvalue weighted by Crippen LogP contribution is 2.23. The number of benzene rings is 2. The Bertz CT molecular complexity index is 907. The molecule has 0 aliphatic heterocycles. The summed E-state index contributed by atoms with van der Waals surface area (Å²) in [6, 6.07) is 17.4. The molecule has 6 heteroatoms. The first-order valence-electron chi connectivity index (χ1n) is 7.23. The number of hydrogen-bond donors (Lipinski definition) is 1. The first-order chi connectivity index (χ1) is 11.6. The summed E-state index contributed by atoms with van der Waals surface area (Å²) in [5, 5.41) is 15.6. The van der Waals surface area contributed by atoms with Gasteiger partial charge >= 0.3 is 0 Å². The van der Waals surface area contributed by atoms with E-state index in [4.69, 9.17) is 10.00 Å².